The number of hydrogen-bond acceptors (Lipinski definition) is 2. The minimum Gasteiger partial charge on any atom is -0.298 e. The topological polar surface area (TPSA) is 34.1 Å². The SMILES string of the molecule is O=Cc1cc(I)c(C(F)(F)F)c(C(=O)Cl)c1. The molecule has 0 fully saturated rings. The number of benzene rings is 1. The second-order valence-electron chi connectivity index (χ2n) is 2.81. The van der Waals surface area contributed by atoms with E-state index in [4.69, 9.17) is 11.6 Å². The Balaban J connectivity index is 3.59. The van der Waals surface area contributed by atoms with Crippen LogP contribution in [0.1, 0.15) is 26.3 Å². The van der Waals surface area contributed by atoms with E-state index in [0.717, 1.165) is 12.1 Å². The van der Waals surface area contributed by atoms with Crippen molar-refractivity contribution in [2.75, 3.05) is 0 Å². The molecule has 0 saturated heterocycles. The Morgan fingerprint density at radius 3 is 2.31 bits per heavy atom. The first-order valence-electron chi connectivity index (χ1n) is 3.83. The summed E-state index contributed by atoms with van der Waals surface area (Å²) in [5, 5.41) is -1.24. The summed E-state index contributed by atoms with van der Waals surface area (Å²) in [4.78, 5) is 21.3. The molecule has 0 aromatic heterocycles. The molecule has 1 rings (SSSR count). The predicted octanol–water partition coefficient (Wildman–Crippen LogP) is 3.50. The molecule has 0 atom stereocenters. The Morgan fingerprint density at radius 2 is 1.94 bits per heavy atom. The van der Waals surface area contributed by atoms with E-state index < -0.39 is 22.5 Å². The monoisotopic (exact) mass is 362 g/mol. The first-order valence-corrected chi connectivity index (χ1v) is 5.28. The van der Waals surface area contributed by atoms with Gasteiger partial charge in [0, 0.05) is 14.7 Å². The van der Waals surface area contributed by atoms with Crippen molar-refractivity contribution in [1.82, 2.24) is 0 Å². The molecule has 7 heteroatoms. The molecular weight excluding hydrogens is 359 g/mol. The van der Waals surface area contributed by atoms with E-state index in [9.17, 15) is 22.8 Å². The number of alkyl halides is 3. The zero-order valence-corrected chi connectivity index (χ0v) is 10.4. The van der Waals surface area contributed by atoms with Gasteiger partial charge in [-0.1, -0.05) is 0 Å². The number of hydrogen-bond donors (Lipinski definition) is 0. The minimum atomic E-state index is -4.68. The van der Waals surface area contributed by atoms with Crippen molar-refractivity contribution in [2.45, 2.75) is 6.18 Å². The summed E-state index contributed by atoms with van der Waals surface area (Å²) in [6, 6.07) is 1.87. The molecular formula is C9H3ClF3IO2. The normalized spacial score (nSPS) is 11.3. The Labute approximate surface area is 107 Å². The Kier molecular flexibility index (Phi) is 3.95. The van der Waals surface area contributed by atoms with Gasteiger partial charge in [0.25, 0.3) is 5.24 Å². The highest BCUT2D eigenvalue weighted by Gasteiger charge is 2.37. The number of halogens is 5. The van der Waals surface area contributed by atoms with Gasteiger partial charge in [0.05, 0.1) is 5.56 Å². The maximum atomic E-state index is 12.6. The number of rotatable bonds is 2. The lowest BCUT2D eigenvalue weighted by molar-refractivity contribution is -0.138. The Hall–Kier alpha value is -0.630. The van der Waals surface area contributed by atoms with E-state index in [1.165, 1.54) is 22.6 Å². The van der Waals surface area contributed by atoms with E-state index in [2.05, 4.69) is 0 Å². The molecule has 0 amide bonds. The van der Waals surface area contributed by atoms with Crippen molar-refractivity contribution in [1.29, 1.82) is 0 Å². The van der Waals surface area contributed by atoms with Crippen LogP contribution in [0.5, 0.6) is 0 Å². The van der Waals surface area contributed by atoms with Gasteiger partial charge < -0.3 is 0 Å². The third-order valence-electron chi connectivity index (χ3n) is 1.74. The average Bonchev–Trinajstić information content (AvgIpc) is 2.14. The first kappa shape index (κ1) is 13.4. The third-order valence-corrected chi connectivity index (χ3v) is 2.80. The maximum absolute atomic E-state index is 12.6. The van der Waals surface area contributed by atoms with E-state index >= 15 is 0 Å². The summed E-state index contributed by atoms with van der Waals surface area (Å²) in [6.45, 7) is 0. The Bertz CT molecular complexity index is 457. The molecule has 1 aromatic carbocycles. The summed E-state index contributed by atoms with van der Waals surface area (Å²) in [5.41, 5.74) is -1.84. The summed E-state index contributed by atoms with van der Waals surface area (Å²) < 4.78 is 37.6. The van der Waals surface area contributed by atoms with Crippen molar-refractivity contribution >= 4 is 45.7 Å². The van der Waals surface area contributed by atoms with Gasteiger partial charge in [-0.25, -0.2) is 0 Å². The molecule has 1 aromatic rings. The van der Waals surface area contributed by atoms with E-state index in [1.807, 2.05) is 0 Å². The molecule has 0 aliphatic rings. The summed E-state index contributed by atoms with van der Waals surface area (Å²) in [6.07, 6.45) is -4.33. The highest BCUT2D eigenvalue weighted by molar-refractivity contribution is 14.1. The zero-order valence-electron chi connectivity index (χ0n) is 7.44. The zero-order chi connectivity index (χ0) is 12.5. The summed E-state index contributed by atoms with van der Waals surface area (Å²) >= 11 is 6.46. The molecule has 0 unspecified atom stereocenters. The molecule has 0 bridgehead atoms. The lowest BCUT2D eigenvalue weighted by atomic mass is 10.0. The van der Waals surface area contributed by atoms with Crippen LogP contribution in [0, 0.1) is 3.57 Å². The highest BCUT2D eigenvalue weighted by Crippen LogP contribution is 2.36. The number of aldehydes is 1. The van der Waals surface area contributed by atoms with Crippen molar-refractivity contribution in [2.24, 2.45) is 0 Å². The van der Waals surface area contributed by atoms with Crippen LogP contribution in [0.2, 0.25) is 0 Å². The maximum Gasteiger partial charge on any atom is 0.418 e. The van der Waals surface area contributed by atoms with Crippen LogP contribution in [0.3, 0.4) is 0 Å². The van der Waals surface area contributed by atoms with Crippen LogP contribution in [0.25, 0.3) is 0 Å². The fourth-order valence-electron chi connectivity index (χ4n) is 1.14. The summed E-state index contributed by atoms with van der Waals surface area (Å²) in [7, 11) is 0. The van der Waals surface area contributed by atoms with E-state index in [0.29, 0.717) is 6.29 Å². The second kappa shape index (κ2) is 4.70. The van der Waals surface area contributed by atoms with Crippen LogP contribution in [-0.2, 0) is 6.18 Å². The fraction of sp³-hybridized carbons (Fsp3) is 0.111. The average molecular weight is 362 g/mol. The van der Waals surface area contributed by atoms with Gasteiger partial charge >= 0.3 is 6.18 Å². The summed E-state index contributed by atoms with van der Waals surface area (Å²) in [5.74, 6) is 0. The molecule has 86 valence electrons. The lowest BCUT2D eigenvalue weighted by Gasteiger charge is -2.12. The van der Waals surface area contributed by atoms with Crippen LogP contribution in [0.4, 0.5) is 13.2 Å². The molecule has 0 aliphatic carbocycles. The van der Waals surface area contributed by atoms with Gasteiger partial charge in [0.1, 0.15) is 6.29 Å². The molecule has 0 N–H and O–H groups in total. The molecule has 0 aliphatic heterocycles. The first-order chi connectivity index (χ1) is 7.27. The van der Waals surface area contributed by atoms with Crippen molar-refractivity contribution in [3.8, 4) is 0 Å². The minimum absolute atomic E-state index is 0.0265. The largest absolute Gasteiger partial charge is 0.418 e. The molecule has 0 radical (unpaired) electrons. The van der Waals surface area contributed by atoms with E-state index in [-0.39, 0.29) is 9.13 Å². The van der Waals surface area contributed by atoms with Crippen LogP contribution >= 0.6 is 34.2 Å². The quantitative estimate of drug-likeness (QED) is 0.458. The van der Waals surface area contributed by atoms with Crippen molar-refractivity contribution < 1.29 is 22.8 Å². The fourth-order valence-corrected chi connectivity index (χ4v) is 2.24. The second-order valence-corrected chi connectivity index (χ2v) is 4.32. The van der Waals surface area contributed by atoms with Crippen molar-refractivity contribution in [3.05, 3.63) is 32.4 Å². The molecule has 0 spiro atoms. The van der Waals surface area contributed by atoms with Gasteiger partial charge in [-0.2, -0.15) is 13.2 Å². The van der Waals surface area contributed by atoms with Crippen LogP contribution in [-0.4, -0.2) is 11.5 Å². The van der Waals surface area contributed by atoms with Gasteiger partial charge in [0.15, 0.2) is 0 Å². The van der Waals surface area contributed by atoms with Gasteiger partial charge in [-0.3, -0.25) is 9.59 Å². The molecule has 16 heavy (non-hydrogen) atoms. The van der Waals surface area contributed by atoms with Gasteiger partial charge in [0.2, 0.25) is 0 Å². The molecule has 2 nitrogen and oxygen atoms in total. The smallest absolute Gasteiger partial charge is 0.298 e. The molecule has 0 heterocycles. The van der Waals surface area contributed by atoms with E-state index in [1.54, 1.807) is 0 Å². The predicted molar refractivity (Wildman–Crippen MR) is 59.7 cm³/mol. The number of carbonyl (C=O) groups is 2. The highest BCUT2D eigenvalue weighted by atomic mass is 127. The van der Waals surface area contributed by atoms with Crippen LogP contribution in [0.15, 0.2) is 12.1 Å². The van der Waals surface area contributed by atoms with Crippen molar-refractivity contribution in [3.63, 3.8) is 0 Å². The molecule has 0 saturated carbocycles. The lowest BCUT2D eigenvalue weighted by Crippen LogP contribution is -2.14. The Morgan fingerprint density at radius 1 is 1.38 bits per heavy atom. The van der Waals surface area contributed by atoms with Gasteiger partial charge in [-0.05, 0) is 46.3 Å². The standard InChI is InChI=1S/C9H3ClF3IO2/c10-8(16)5-1-4(3-15)2-6(14)7(5)9(11,12)13/h1-3H. The third kappa shape index (κ3) is 2.73. The number of carbonyl (C=O) groups excluding carboxylic acids is 2. The van der Waals surface area contributed by atoms with Gasteiger partial charge in [-0.15, -0.1) is 0 Å². The van der Waals surface area contributed by atoms with Crippen LogP contribution < -0.4 is 0 Å².